The SMILES string of the molecule is CC(C)Cc1nn(-c2cccc(Br)c2)c(Cl)c1S(=O)(=O)Cl. The van der Waals surface area contributed by atoms with Crippen LogP contribution in [0.2, 0.25) is 5.15 Å². The number of benzene rings is 1. The summed E-state index contributed by atoms with van der Waals surface area (Å²) in [6.07, 6.45) is 0.474. The van der Waals surface area contributed by atoms with Gasteiger partial charge in [0.1, 0.15) is 4.90 Å². The molecule has 0 saturated carbocycles. The fourth-order valence-corrected chi connectivity index (χ4v) is 4.20. The van der Waals surface area contributed by atoms with Crippen LogP contribution in [-0.4, -0.2) is 18.2 Å². The first-order valence-corrected chi connectivity index (χ1v) is 9.66. The summed E-state index contributed by atoms with van der Waals surface area (Å²) in [6.45, 7) is 3.94. The molecule has 1 aromatic heterocycles. The van der Waals surface area contributed by atoms with Crippen molar-refractivity contribution in [2.45, 2.75) is 25.2 Å². The molecule has 0 aliphatic heterocycles. The van der Waals surface area contributed by atoms with Gasteiger partial charge < -0.3 is 0 Å². The third-order valence-corrected chi connectivity index (χ3v) is 5.09. The van der Waals surface area contributed by atoms with Gasteiger partial charge in [-0.2, -0.15) is 5.10 Å². The summed E-state index contributed by atoms with van der Waals surface area (Å²) in [6, 6.07) is 7.25. The normalized spacial score (nSPS) is 12.1. The van der Waals surface area contributed by atoms with Crippen molar-refractivity contribution in [2.75, 3.05) is 0 Å². The van der Waals surface area contributed by atoms with Gasteiger partial charge in [-0.05, 0) is 30.5 Å². The Balaban J connectivity index is 2.67. The summed E-state index contributed by atoms with van der Waals surface area (Å²) in [5, 5.41) is 4.33. The fraction of sp³-hybridized carbons (Fsp3) is 0.308. The molecular formula is C13H13BrCl2N2O2S. The number of aromatic nitrogens is 2. The van der Waals surface area contributed by atoms with Gasteiger partial charge in [-0.1, -0.05) is 47.4 Å². The summed E-state index contributed by atoms with van der Waals surface area (Å²) in [4.78, 5) is -0.112. The Labute approximate surface area is 141 Å². The Morgan fingerprint density at radius 2 is 2.05 bits per heavy atom. The second-order valence-electron chi connectivity index (χ2n) is 4.99. The second kappa shape index (κ2) is 6.28. The van der Waals surface area contributed by atoms with E-state index < -0.39 is 9.05 Å². The number of hydrogen-bond acceptors (Lipinski definition) is 3. The molecule has 8 heteroatoms. The lowest BCUT2D eigenvalue weighted by Gasteiger charge is -2.03. The van der Waals surface area contributed by atoms with Crippen molar-refractivity contribution in [3.05, 3.63) is 39.6 Å². The number of hydrogen-bond donors (Lipinski definition) is 0. The first-order valence-electron chi connectivity index (χ1n) is 6.18. The van der Waals surface area contributed by atoms with E-state index in [-0.39, 0.29) is 16.0 Å². The highest BCUT2D eigenvalue weighted by molar-refractivity contribution is 9.10. The van der Waals surface area contributed by atoms with Gasteiger partial charge in [0.05, 0.1) is 11.4 Å². The maximum atomic E-state index is 11.8. The van der Waals surface area contributed by atoms with Gasteiger partial charge in [0, 0.05) is 15.2 Å². The highest BCUT2D eigenvalue weighted by atomic mass is 79.9. The molecule has 0 aliphatic rings. The lowest BCUT2D eigenvalue weighted by Crippen LogP contribution is -2.01. The molecule has 114 valence electrons. The highest BCUT2D eigenvalue weighted by Gasteiger charge is 2.27. The first-order chi connectivity index (χ1) is 9.70. The molecule has 21 heavy (non-hydrogen) atoms. The molecule has 1 aromatic carbocycles. The van der Waals surface area contributed by atoms with E-state index in [1.54, 1.807) is 12.1 Å². The Bertz CT molecular complexity index is 772. The summed E-state index contributed by atoms with van der Waals surface area (Å²) < 4.78 is 25.8. The molecule has 2 rings (SSSR count). The smallest absolute Gasteiger partial charge is 0.220 e. The van der Waals surface area contributed by atoms with E-state index in [4.69, 9.17) is 22.3 Å². The van der Waals surface area contributed by atoms with Crippen molar-refractivity contribution in [1.29, 1.82) is 0 Å². The molecule has 0 amide bonds. The summed E-state index contributed by atoms with van der Waals surface area (Å²) in [5.74, 6) is 0.226. The van der Waals surface area contributed by atoms with E-state index in [2.05, 4.69) is 21.0 Å². The van der Waals surface area contributed by atoms with Crippen LogP contribution in [0.1, 0.15) is 19.5 Å². The minimum absolute atomic E-state index is 0.00116. The predicted octanol–water partition coefficient (Wildman–Crippen LogP) is 4.41. The van der Waals surface area contributed by atoms with Crippen LogP contribution in [0.15, 0.2) is 33.6 Å². The van der Waals surface area contributed by atoms with Gasteiger partial charge in [0.2, 0.25) is 0 Å². The van der Waals surface area contributed by atoms with E-state index >= 15 is 0 Å². The number of rotatable bonds is 4. The van der Waals surface area contributed by atoms with Crippen molar-refractivity contribution in [3.8, 4) is 5.69 Å². The minimum Gasteiger partial charge on any atom is -0.220 e. The van der Waals surface area contributed by atoms with E-state index in [9.17, 15) is 8.42 Å². The maximum Gasteiger partial charge on any atom is 0.266 e. The quantitative estimate of drug-likeness (QED) is 0.700. The number of halogens is 3. The van der Waals surface area contributed by atoms with Crippen molar-refractivity contribution in [3.63, 3.8) is 0 Å². The van der Waals surface area contributed by atoms with E-state index in [0.717, 1.165) is 4.47 Å². The Hall–Kier alpha value is -0.560. The van der Waals surface area contributed by atoms with Gasteiger partial charge in [0.15, 0.2) is 5.15 Å². The molecule has 2 aromatic rings. The lowest BCUT2D eigenvalue weighted by atomic mass is 10.1. The molecule has 0 radical (unpaired) electrons. The highest BCUT2D eigenvalue weighted by Crippen LogP contribution is 2.32. The van der Waals surface area contributed by atoms with Crippen LogP contribution in [-0.2, 0) is 15.5 Å². The number of nitrogens with zero attached hydrogens (tertiary/aromatic N) is 2. The molecule has 0 atom stereocenters. The predicted molar refractivity (Wildman–Crippen MR) is 87.9 cm³/mol. The van der Waals surface area contributed by atoms with Gasteiger partial charge in [0.25, 0.3) is 9.05 Å². The fourth-order valence-electron chi connectivity index (χ4n) is 1.97. The van der Waals surface area contributed by atoms with Crippen LogP contribution < -0.4 is 0 Å². The van der Waals surface area contributed by atoms with E-state index in [1.165, 1.54) is 4.68 Å². The van der Waals surface area contributed by atoms with Crippen molar-refractivity contribution >= 4 is 47.3 Å². The van der Waals surface area contributed by atoms with Crippen molar-refractivity contribution in [2.24, 2.45) is 5.92 Å². The average Bonchev–Trinajstić information content (AvgIpc) is 2.64. The van der Waals surface area contributed by atoms with Crippen LogP contribution in [0.5, 0.6) is 0 Å². The third-order valence-electron chi connectivity index (χ3n) is 2.75. The molecule has 0 unspecified atom stereocenters. The molecular weight excluding hydrogens is 399 g/mol. The molecule has 0 aliphatic carbocycles. The molecule has 0 saturated heterocycles. The van der Waals surface area contributed by atoms with E-state index in [1.807, 2.05) is 26.0 Å². The monoisotopic (exact) mass is 410 g/mol. The van der Waals surface area contributed by atoms with Gasteiger partial charge in [-0.3, -0.25) is 0 Å². The molecule has 4 nitrogen and oxygen atoms in total. The third kappa shape index (κ3) is 3.80. The largest absolute Gasteiger partial charge is 0.266 e. The lowest BCUT2D eigenvalue weighted by molar-refractivity contribution is 0.600. The summed E-state index contributed by atoms with van der Waals surface area (Å²) in [7, 11) is 1.55. The average molecular weight is 412 g/mol. The zero-order chi connectivity index (χ0) is 15.8. The molecule has 0 bridgehead atoms. The topological polar surface area (TPSA) is 52.0 Å². The molecule has 0 N–H and O–H groups in total. The Morgan fingerprint density at radius 3 is 2.57 bits per heavy atom. The van der Waals surface area contributed by atoms with Crippen LogP contribution in [0.4, 0.5) is 0 Å². The summed E-state index contributed by atoms with van der Waals surface area (Å²) in [5.41, 5.74) is 1.04. The van der Waals surface area contributed by atoms with Crippen LogP contribution >= 0.6 is 38.2 Å². The van der Waals surface area contributed by atoms with Crippen LogP contribution in [0.3, 0.4) is 0 Å². The van der Waals surface area contributed by atoms with Gasteiger partial charge in [-0.15, -0.1) is 0 Å². The van der Waals surface area contributed by atoms with Crippen molar-refractivity contribution in [1.82, 2.24) is 9.78 Å². The van der Waals surface area contributed by atoms with Gasteiger partial charge in [-0.25, -0.2) is 13.1 Å². The maximum absolute atomic E-state index is 11.8. The zero-order valence-corrected chi connectivity index (χ0v) is 15.3. The van der Waals surface area contributed by atoms with Crippen molar-refractivity contribution < 1.29 is 8.42 Å². The molecule has 0 fully saturated rings. The van der Waals surface area contributed by atoms with E-state index in [0.29, 0.717) is 17.8 Å². The summed E-state index contributed by atoms with van der Waals surface area (Å²) >= 11 is 9.57. The Morgan fingerprint density at radius 1 is 1.38 bits per heavy atom. The zero-order valence-electron chi connectivity index (χ0n) is 11.3. The second-order valence-corrected chi connectivity index (χ2v) is 8.77. The molecule has 0 spiro atoms. The minimum atomic E-state index is -3.96. The standard InChI is InChI=1S/C13H13BrCl2N2O2S/c1-8(2)6-11-12(21(16,19)20)13(15)18(17-11)10-5-3-4-9(14)7-10/h3-5,7-8H,6H2,1-2H3. The van der Waals surface area contributed by atoms with Gasteiger partial charge >= 0.3 is 0 Å². The first kappa shape index (κ1) is 16.8. The molecule has 1 heterocycles. The van der Waals surface area contributed by atoms with Crippen LogP contribution in [0.25, 0.3) is 5.69 Å². The van der Waals surface area contributed by atoms with Crippen LogP contribution in [0, 0.1) is 5.92 Å². The Kier molecular flexibility index (Phi) is 5.03.